The molecule has 0 aliphatic rings. The van der Waals surface area contributed by atoms with Gasteiger partial charge in [-0.3, -0.25) is 10.1 Å². The van der Waals surface area contributed by atoms with Crippen LogP contribution < -0.4 is 9.47 Å². The first-order valence-corrected chi connectivity index (χ1v) is 5.13. The summed E-state index contributed by atoms with van der Waals surface area (Å²) in [4.78, 5) is 10.4. The highest BCUT2D eigenvalue weighted by molar-refractivity contribution is 5.55. The van der Waals surface area contributed by atoms with Gasteiger partial charge in [0.05, 0.1) is 36.9 Å². The van der Waals surface area contributed by atoms with E-state index in [0.717, 1.165) is 0 Å². The Hall–Kier alpha value is -1.82. The van der Waals surface area contributed by atoms with Crippen LogP contribution in [-0.2, 0) is 0 Å². The number of nitro benzene ring substituents is 1. The molecule has 1 rings (SSSR count). The lowest BCUT2D eigenvalue weighted by molar-refractivity contribution is -0.386. The van der Waals surface area contributed by atoms with Gasteiger partial charge in [-0.1, -0.05) is 6.92 Å². The van der Waals surface area contributed by atoms with Gasteiger partial charge in [0.2, 0.25) is 0 Å². The Morgan fingerprint density at radius 2 is 1.88 bits per heavy atom. The van der Waals surface area contributed by atoms with E-state index in [1.807, 2.05) is 0 Å². The fourth-order valence-corrected chi connectivity index (χ4v) is 1.53. The molecule has 0 heterocycles. The maximum atomic E-state index is 10.9. The van der Waals surface area contributed by atoms with Crippen LogP contribution in [0.25, 0.3) is 0 Å². The smallest absolute Gasteiger partial charge is 0.279 e. The van der Waals surface area contributed by atoms with E-state index >= 15 is 0 Å². The van der Waals surface area contributed by atoms with Crippen LogP contribution in [-0.4, -0.2) is 24.2 Å². The molecular formula is C11H15NO5. The maximum absolute atomic E-state index is 10.9. The number of hydrogen-bond acceptors (Lipinski definition) is 5. The highest BCUT2D eigenvalue weighted by Gasteiger charge is 2.23. The predicted octanol–water partition coefficient (Wildman–Crippen LogP) is 2.06. The van der Waals surface area contributed by atoms with Gasteiger partial charge in [-0.2, -0.15) is 0 Å². The van der Waals surface area contributed by atoms with Gasteiger partial charge in [0.25, 0.3) is 5.69 Å². The molecular weight excluding hydrogens is 226 g/mol. The highest BCUT2D eigenvalue weighted by atomic mass is 16.6. The Morgan fingerprint density at radius 1 is 1.35 bits per heavy atom. The average molecular weight is 241 g/mol. The zero-order chi connectivity index (χ0) is 13.0. The molecule has 0 fully saturated rings. The first kappa shape index (κ1) is 13.2. The number of ether oxygens (including phenoxy) is 2. The van der Waals surface area contributed by atoms with E-state index in [2.05, 4.69) is 0 Å². The van der Waals surface area contributed by atoms with Crippen molar-refractivity contribution >= 4 is 5.69 Å². The van der Waals surface area contributed by atoms with Gasteiger partial charge in [0, 0.05) is 0 Å². The van der Waals surface area contributed by atoms with Crippen molar-refractivity contribution in [3.8, 4) is 11.5 Å². The van der Waals surface area contributed by atoms with Crippen molar-refractivity contribution in [2.75, 3.05) is 14.2 Å². The molecule has 0 unspecified atom stereocenters. The molecule has 0 aliphatic carbocycles. The fourth-order valence-electron chi connectivity index (χ4n) is 1.53. The molecule has 0 spiro atoms. The van der Waals surface area contributed by atoms with Crippen molar-refractivity contribution in [2.45, 2.75) is 19.4 Å². The van der Waals surface area contributed by atoms with Crippen LogP contribution in [0.15, 0.2) is 12.1 Å². The van der Waals surface area contributed by atoms with Crippen molar-refractivity contribution in [3.63, 3.8) is 0 Å². The molecule has 0 radical (unpaired) electrons. The van der Waals surface area contributed by atoms with E-state index in [1.165, 1.54) is 26.4 Å². The lowest BCUT2D eigenvalue weighted by atomic mass is 10.0. The summed E-state index contributed by atoms with van der Waals surface area (Å²) in [5.74, 6) is 0.631. The number of nitrogens with zero attached hydrogens (tertiary/aromatic N) is 1. The number of benzene rings is 1. The number of rotatable bonds is 5. The third kappa shape index (κ3) is 2.65. The second-order valence-corrected chi connectivity index (χ2v) is 3.45. The van der Waals surface area contributed by atoms with Crippen molar-refractivity contribution in [1.29, 1.82) is 0 Å². The molecule has 1 aromatic carbocycles. The molecule has 94 valence electrons. The molecule has 0 saturated carbocycles. The molecule has 0 amide bonds. The van der Waals surface area contributed by atoms with Crippen LogP contribution in [0.3, 0.4) is 0 Å². The van der Waals surface area contributed by atoms with Crippen molar-refractivity contribution < 1.29 is 19.5 Å². The van der Waals surface area contributed by atoms with Gasteiger partial charge < -0.3 is 14.6 Å². The Kier molecular flexibility index (Phi) is 4.28. The fraction of sp³-hybridized carbons (Fsp3) is 0.455. The monoisotopic (exact) mass is 241 g/mol. The van der Waals surface area contributed by atoms with Crippen molar-refractivity contribution in [1.82, 2.24) is 0 Å². The van der Waals surface area contributed by atoms with Gasteiger partial charge in [-0.05, 0) is 12.5 Å². The quantitative estimate of drug-likeness (QED) is 0.630. The van der Waals surface area contributed by atoms with Crippen LogP contribution in [0.5, 0.6) is 11.5 Å². The minimum atomic E-state index is -0.893. The largest absolute Gasteiger partial charge is 0.493 e. The summed E-state index contributed by atoms with van der Waals surface area (Å²) in [7, 11) is 2.84. The van der Waals surface area contributed by atoms with E-state index in [4.69, 9.17) is 9.47 Å². The van der Waals surface area contributed by atoms with Gasteiger partial charge in [0.15, 0.2) is 11.5 Å². The summed E-state index contributed by atoms with van der Waals surface area (Å²) in [6.07, 6.45) is -0.508. The third-order valence-electron chi connectivity index (χ3n) is 2.48. The first-order chi connectivity index (χ1) is 8.04. The summed E-state index contributed by atoms with van der Waals surface area (Å²) < 4.78 is 10.0. The molecule has 0 saturated heterocycles. The molecule has 6 nitrogen and oxygen atoms in total. The van der Waals surface area contributed by atoms with Crippen LogP contribution in [0.2, 0.25) is 0 Å². The Bertz CT molecular complexity index is 419. The van der Waals surface area contributed by atoms with Gasteiger partial charge >= 0.3 is 0 Å². The van der Waals surface area contributed by atoms with E-state index < -0.39 is 11.0 Å². The summed E-state index contributed by atoms with van der Waals surface area (Å²) >= 11 is 0. The summed E-state index contributed by atoms with van der Waals surface area (Å²) in [5.41, 5.74) is 0.0622. The normalized spacial score (nSPS) is 12.0. The number of hydrogen-bond donors (Lipinski definition) is 1. The SMILES string of the molecule is CC[C@H](O)c1cc(OC)c(OC)cc1[N+](=O)[O-]. The summed E-state index contributed by atoms with van der Waals surface area (Å²) in [5, 5.41) is 20.6. The number of aliphatic hydroxyl groups is 1. The van der Waals surface area contributed by atoms with Gasteiger partial charge in [-0.25, -0.2) is 0 Å². The zero-order valence-corrected chi connectivity index (χ0v) is 9.97. The lowest BCUT2D eigenvalue weighted by Crippen LogP contribution is -2.03. The van der Waals surface area contributed by atoms with Gasteiger partial charge in [-0.15, -0.1) is 0 Å². The molecule has 17 heavy (non-hydrogen) atoms. The Morgan fingerprint density at radius 3 is 2.29 bits per heavy atom. The number of methoxy groups -OCH3 is 2. The van der Waals surface area contributed by atoms with E-state index in [1.54, 1.807) is 6.92 Å². The van der Waals surface area contributed by atoms with E-state index in [9.17, 15) is 15.2 Å². The second kappa shape index (κ2) is 5.49. The number of nitro groups is 1. The van der Waals surface area contributed by atoms with Gasteiger partial charge in [0.1, 0.15) is 0 Å². The van der Waals surface area contributed by atoms with E-state index in [-0.39, 0.29) is 17.0 Å². The molecule has 1 atom stereocenters. The molecule has 1 N–H and O–H groups in total. The summed E-state index contributed by atoms with van der Waals surface area (Å²) in [6.45, 7) is 1.74. The van der Waals surface area contributed by atoms with Crippen LogP contribution in [0.1, 0.15) is 25.0 Å². The second-order valence-electron chi connectivity index (χ2n) is 3.45. The lowest BCUT2D eigenvalue weighted by Gasteiger charge is -2.13. The van der Waals surface area contributed by atoms with Crippen molar-refractivity contribution in [2.24, 2.45) is 0 Å². The Labute approximate surface area is 98.9 Å². The van der Waals surface area contributed by atoms with E-state index in [0.29, 0.717) is 12.2 Å². The molecule has 6 heteroatoms. The molecule has 0 bridgehead atoms. The third-order valence-corrected chi connectivity index (χ3v) is 2.48. The minimum Gasteiger partial charge on any atom is -0.493 e. The highest BCUT2D eigenvalue weighted by Crippen LogP contribution is 2.37. The zero-order valence-electron chi connectivity index (χ0n) is 9.97. The molecule has 1 aromatic rings. The van der Waals surface area contributed by atoms with Crippen molar-refractivity contribution in [3.05, 3.63) is 27.8 Å². The van der Waals surface area contributed by atoms with Crippen LogP contribution in [0, 0.1) is 10.1 Å². The average Bonchev–Trinajstić information content (AvgIpc) is 2.35. The standard InChI is InChI=1S/C11H15NO5/c1-4-9(13)7-5-10(16-2)11(17-3)6-8(7)12(14)15/h5-6,9,13H,4H2,1-3H3/t9-/m0/s1. The molecule has 0 aliphatic heterocycles. The number of aliphatic hydroxyl groups excluding tert-OH is 1. The van der Waals surface area contributed by atoms with Crippen LogP contribution in [0.4, 0.5) is 5.69 Å². The first-order valence-electron chi connectivity index (χ1n) is 5.13. The van der Waals surface area contributed by atoms with Crippen LogP contribution >= 0.6 is 0 Å². The topological polar surface area (TPSA) is 81.8 Å². The molecule has 0 aromatic heterocycles. The Balaban J connectivity index is 3.40. The predicted molar refractivity (Wildman–Crippen MR) is 61.5 cm³/mol. The minimum absolute atomic E-state index is 0.169. The maximum Gasteiger partial charge on any atom is 0.279 e. The summed E-state index contributed by atoms with van der Waals surface area (Å²) in [6, 6.07) is 2.69.